The lowest BCUT2D eigenvalue weighted by Gasteiger charge is -2.37. The molecule has 3 rings (SSSR count). The maximum absolute atomic E-state index is 12.9. The number of hydrogen-bond acceptors (Lipinski definition) is 5. The van der Waals surface area contributed by atoms with Crippen molar-refractivity contribution in [3.05, 3.63) is 29.8 Å². The maximum atomic E-state index is 12.9. The molecule has 1 aromatic carbocycles. The predicted octanol–water partition coefficient (Wildman–Crippen LogP) is 1.11. The minimum Gasteiger partial charge on any atom is -0.379 e. The standard InChI is InChI=1S/C18H23N3O4S/c1-12(22)20-17-7-14-10-21(11-15(14)8-18(17)25-2)26(23,24)16-5-3-13(9-19)4-6-16/h3-6,14-15,17-18H,7-8,10-11H2,1-2H3,(H,20,22)/t14-,15+,17-,18-/m1/s1. The van der Waals surface area contributed by atoms with Gasteiger partial charge in [0.1, 0.15) is 0 Å². The third kappa shape index (κ3) is 3.61. The van der Waals surface area contributed by atoms with Gasteiger partial charge in [-0.05, 0) is 48.9 Å². The van der Waals surface area contributed by atoms with E-state index in [0.29, 0.717) is 25.1 Å². The van der Waals surface area contributed by atoms with E-state index in [1.807, 2.05) is 6.07 Å². The first-order valence-corrected chi connectivity index (χ1v) is 10.1. The first kappa shape index (κ1) is 18.8. The van der Waals surface area contributed by atoms with Crippen LogP contribution in [0.15, 0.2) is 29.2 Å². The van der Waals surface area contributed by atoms with E-state index < -0.39 is 10.0 Å². The molecule has 7 nitrogen and oxygen atoms in total. The Morgan fingerprint density at radius 3 is 2.38 bits per heavy atom. The quantitative estimate of drug-likeness (QED) is 0.847. The molecule has 1 saturated heterocycles. The van der Waals surface area contributed by atoms with Crippen molar-refractivity contribution in [1.29, 1.82) is 5.26 Å². The van der Waals surface area contributed by atoms with Crippen LogP contribution in [0.25, 0.3) is 0 Å². The smallest absolute Gasteiger partial charge is 0.243 e. The van der Waals surface area contributed by atoms with E-state index >= 15 is 0 Å². The molecule has 0 spiro atoms. The van der Waals surface area contributed by atoms with Gasteiger partial charge in [0.15, 0.2) is 0 Å². The molecule has 0 aromatic heterocycles. The molecule has 0 radical (unpaired) electrons. The Bertz CT molecular complexity index is 816. The Morgan fingerprint density at radius 2 is 1.85 bits per heavy atom. The number of hydrogen-bond donors (Lipinski definition) is 1. The summed E-state index contributed by atoms with van der Waals surface area (Å²) < 4.78 is 32.9. The Kier molecular flexibility index (Phi) is 5.32. The second kappa shape index (κ2) is 7.35. The second-order valence-electron chi connectivity index (χ2n) is 7.03. The van der Waals surface area contributed by atoms with Crippen LogP contribution in [-0.4, -0.2) is 51.0 Å². The average Bonchev–Trinajstić information content (AvgIpc) is 3.04. The first-order chi connectivity index (χ1) is 12.3. The number of carbonyl (C=O) groups excluding carboxylic acids is 1. The predicted molar refractivity (Wildman–Crippen MR) is 94.5 cm³/mol. The SMILES string of the molecule is CO[C@@H]1C[C@H]2CN(S(=O)(=O)c3ccc(C#N)cc3)C[C@H]2C[C@H]1NC(C)=O. The lowest BCUT2D eigenvalue weighted by molar-refractivity contribution is -0.121. The molecule has 1 aliphatic heterocycles. The van der Waals surface area contributed by atoms with Crippen LogP contribution in [0.4, 0.5) is 0 Å². The van der Waals surface area contributed by atoms with Gasteiger partial charge in [-0.2, -0.15) is 9.57 Å². The van der Waals surface area contributed by atoms with E-state index in [0.717, 1.165) is 6.42 Å². The number of nitrogens with one attached hydrogen (secondary N) is 1. The third-order valence-corrected chi connectivity index (χ3v) is 7.24. The molecule has 2 aliphatic rings. The number of amides is 1. The molecule has 2 fully saturated rings. The number of sulfonamides is 1. The van der Waals surface area contributed by atoms with Crippen LogP contribution < -0.4 is 5.32 Å². The molecule has 1 amide bonds. The van der Waals surface area contributed by atoms with E-state index in [1.165, 1.54) is 35.5 Å². The summed E-state index contributed by atoms with van der Waals surface area (Å²) in [5, 5.41) is 11.8. The lowest BCUT2D eigenvalue weighted by Crippen LogP contribution is -2.49. The van der Waals surface area contributed by atoms with Gasteiger partial charge in [-0.1, -0.05) is 0 Å². The number of methoxy groups -OCH3 is 1. The minimum absolute atomic E-state index is 0.0867. The molecular formula is C18H23N3O4S. The van der Waals surface area contributed by atoms with E-state index in [2.05, 4.69) is 5.32 Å². The Balaban J connectivity index is 1.76. The van der Waals surface area contributed by atoms with Crippen molar-refractivity contribution in [3.63, 3.8) is 0 Å². The molecule has 1 saturated carbocycles. The van der Waals surface area contributed by atoms with Gasteiger partial charge in [0.05, 0.1) is 28.7 Å². The molecular weight excluding hydrogens is 354 g/mol. The van der Waals surface area contributed by atoms with E-state index in [1.54, 1.807) is 7.11 Å². The van der Waals surface area contributed by atoms with Gasteiger partial charge in [-0.15, -0.1) is 0 Å². The summed E-state index contributed by atoms with van der Waals surface area (Å²) in [6.45, 7) is 2.38. The van der Waals surface area contributed by atoms with Crippen LogP contribution >= 0.6 is 0 Å². The highest BCUT2D eigenvalue weighted by molar-refractivity contribution is 7.89. The number of ether oxygens (including phenoxy) is 1. The number of benzene rings is 1. The summed E-state index contributed by atoms with van der Waals surface area (Å²) in [5.41, 5.74) is 0.431. The zero-order chi connectivity index (χ0) is 18.9. The minimum atomic E-state index is -3.59. The number of carbonyl (C=O) groups is 1. The molecule has 1 aromatic rings. The largest absolute Gasteiger partial charge is 0.379 e. The van der Waals surface area contributed by atoms with Crippen molar-refractivity contribution < 1.29 is 17.9 Å². The van der Waals surface area contributed by atoms with Crippen LogP contribution in [-0.2, 0) is 19.6 Å². The van der Waals surface area contributed by atoms with Gasteiger partial charge in [0.25, 0.3) is 0 Å². The maximum Gasteiger partial charge on any atom is 0.243 e. The van der Waals surface area contributed by atoms with Crippen molar-refractivity contribution in [2.24, 2.45) is 11.8 Å². The van der Waals surface area contributed by atoms with Gasteiger partial charge < -0.3 is 10.1 Å². The van der Waals surface area contributed by atoms with Crippen LogP contribution in [0.3, 0.4) is 0 Å². The van der Waals surface area contributed by atoms with E-state index in [-0.39, 0.29) is 34.8 Å². The summed E-state index contributed by atoms with van der Waals surface area (Å²) in [6, 6.07) is 7.90. The summed E-state index contributed by atoms with van der Waals surface area (Å²) >= 11 is 0. The average molecular weight is 377 g/mol. The molecule has 8 heteroatoms. The summed E-state index contributed by atoms with van der Waals surface area (Å²) in [4.78, 5) is 11.6. The highest BCUT2D eigenvalue weighted by atomic mass is 32.2. The topological polar surface area (TPSA) is 99.5 Å². The van der Waals surface area contributed by atoms with Crippen LogP contribution in [0, 0.1) is 23.2 Å². The fourth-order valence-corrected chi connectivity index (χ4v) is 5.64. The first-order valence-electron chi connectivity index (χ1n) is 8.65. The van der Waals surface area contributed by atoms with Crippen LogP contribution in [0.5, 0.6) is 0 Å². The van der Waals surface area contributed by atoms with Crippen molar-refractivity contribution in [3.8, 4) is 6.07 Å². The Morgan fingerprint density at radius 1 is 1.23 bits per heavy atom. The Hall–Kier alpha value is -1.95. The summed E-state index contributed by atoms with van der Waals surface area (Å²) in [5.74, 6) is 0.320. The van der Waals surface area contributed by atoms with Crippen molar-refractivity contribution in [2.75, 3.05) is 20.2 Å². The second-order valence-corrected chi connectivity index (χ2v) is 8.97. The van der Waals surface area contributed by atoms with Gasteiger partial charge in [0, 0.05) is 27.1 Å². The summed E-state index contributed by atoms with van der Waals surface area (Å²) in [7, 11) is -1.97. The number of nitrogens with zero attached hydrogens (tertiary/aromatic N) is 2. The number of rotatable bonds is 4. The molecule has 1 aliphatic carbocycles. The zero-order valence-corrected chi connectivity index (χ0v) is 15.7. The van der Waals surface area contributed by atoms with Gasteiger partial charge in [-0.3, -0.25) is 4.79 Å². The highest BCUT2D eigenvalue weighted by Gasteiger charge is 2.45. The van der Waals surface area contributed by atoms with Crippen molar-refractivity contribution >= 4 is 15.9 Å². The molecule has 0 bridgehead atoms. The molecule has 26 heavy (non-hydrogen) atoms. The number of fused-ring (bicyclic) bond motifs is 1. The third-order valence-electron chi connectivity index (χ3n) is 5.40. The summed E-state index contributed by atoms with van der Waals surface area (Å²) in [6.07, 6.45) is 1.34. The van der Waals surface area contributed by atoms with E-state index in [4.69, 9.17) is 10.00 Å². The van der Waals surface area contributed by atoms with Gasteiger partial charge in [0.2, 0.25) is 15.9 Å². The normalized spacial score (nSPS) is 29.0. The Labute approximate surface area is 154 Å². The monoisotopic (exact) mass is 377 g/mol. The number of nitriles is 1. The fraction of sp³-hybridized carbons (Fsp3) is 0.556. The van der Waals surface area contributed by atoms with Crippen LogP contribution in [0.2, 0.25) is 0 Å². The molecule has 1 N–H and O–H groups in total. The lowest BCUT2D eigenvalue weighted by atomic mass is 9.77. The molecule has 4 atom stereocenters. The van der Waals surface area contributed by atoms with Crippen LogP contribution in [0.1, 0.15) is 25.3 Å². The molecule has 140 valence electrons. The molecule has 0 unspecified atom stereocenters. The zero-order valence-electron chi connectivity index (χ0n) is 14.9. The molecule has 1 heterocycles. The van der Waals surface area contributed by atoms with Crippen molar-refractivity contribution in [1.82, 2.24) is 9.62 Å². The van der Waals surface area contributed by atoms with Gasteiger partial charge in [-0.25, -0.2) is 8.42 Å². The highest BCUT2D eigenvalue weighted by Crippen LogP contribution is 2.39. The fourth-order valence-electron chi connectivity index (χ4n) is 4.09. The van der Waals surface area contributed by atoms with Gasteiger partial charge >= 0.3 is 0 Å². The van der Waals surface area contributed by atoms with E-state index in [9.17, 15) is 13.2 Å². The van der Waals surface area contributed by atoms with Crippen molar-refractivity contribution in [2.45, 2.75) is 36.8 Å².